The van der Waals surface area contributed by atoms with E-state index in [-0.39, 0.29) is 6.10 Å². The van der Waals surface area contributed by atoms with Gasteiger partial charge in [-0.3, -0.25) is 0 Å². The Kier molecular flexibility index (Phi) is 4.60. The Morgan fingerprint density at radius 3 is 2.62 bits per heavy atom. The highest BCUT2D eigenvalue weighted by Gasteiger charge is 2.12. The Hall–Kier alpha value is -2.69. The highest BCUT2D eigenvalue weighted by atomic mass is 16.5. The molecule has 0 saturated carbocycles. The second-order valence-corrected chi connectivity index (χ2v) is 5.73. The zero-order chi connectivity index (χ0) is 17.1. The average molecular weight is 326 g/mol. The first-order valence-corrected chi connectivity index (χ1v) is 8.08. The van der Waals surface area contributed by atoms with Crippen molar-refractivity contribution >= 4 is 11.0 Å². The molecule has 0 spiro atoms. The summed E-state index contributed by atoms with van der Waals surface area (Å²) in [5.74, 6) is 3.05. The maximum atomic E-state index is 5.81. The minimum Gasteiger partial charge on any atom is -0.497 e. The molecular weight excluding hydrogens is 304 g/mol. The van der Waals surface area contributed by atoms with E-state index in [2.05, 4.69) is 9.97 Å². The van der Waals surface area contributed by atoms with Gasteiger partial charge in [-0.1, -0.05) is 0 Å². The van der Waals surface area contributed by atoms with Crippen molar-refractivity contribution in [3.63, 3.8) is 0 Å². The minimum atomic E-state index is 0.0914. The molecule has 0 fully saturated rings. The number of methoxy groups -OCH3 is 1. The summed E-state index contributed by atoms with van der Waals surface area (Å²) in [5, 5.41) is 0. The molecule has 3 rings (SSSR count). The summed E-state index contributed by atoms with van der Waals surface area (Å²) >= 11 is 0. The molecule has 24 heavy (non-hydrogen) atoms. The second-order valence-electron chi connectivity index (χ2n) is 5.73. The highest BCUT2D eigenvalue weighted by Crippen LogP contribution is 2.33. The van der Waals surface area contributed by atoms with Crippen LogP contribution in [0.2, 0.25) is 0 Å². The number of nitrogens with zero attached hydrogens (tertiary/aromatic N) is 1. The molecule has 0 atom stereocenters. The molecule has 5 heteroatoms. The molecule has 3 aromatic rings. The number of imidazole rings is 1. The Morgan fingerprint density at radius 1 is 1.08 bits per heavy atom. The van der Waals surface area contributed by atoms with Gasteiger partial charge in [-0.05, 0) is 51.1 Å². The van der Waals surface area contributed by atoms with Crippen LogP contribution in [0, 0.1) is 0 Å². The van der Waals surface area contributed by atoms with Gasteiger partial charge in [0.05, 0.1) is 30.9 Å². The molecule has 0 radical (unpaired) electrons. The third-order valence-corrected chi connectivity index (χ3v) is 3.57. The van der Waals surface area contributed by atoms with Crippen molar-refractivity contribution in [1.29, 1.82) is 0 Å². The van der Waals surface area contributed by atoms with E-state index in [1.54, 1.807) is 7.11 Å². The first-order valence-electron chi connectivity index (χ1n) is 8.08. The van der Waals surface area contributed by atoms with Gasteiger partial charge in [0.1, 0.15) is 11.6 Å². The summed E-state index contributed by atoms with van der Waals surface area (Å²) < 4.78 is 16.8. The summed E-state index contributed by atoms with van der Waals surface area (Å²) in [7, 11) is 1.65. The normalized spacial score (nSPS) is 11.0. The van der Waals surface area contributed by atoms with Crippen LogP contribution in [0.4, 0.5) is 0 Å². The van der Waals surface area contributed by atoms with Crippen molar-refractivity contribution in [3.05, 3.63) is 36.4 Å². The van der Waals surface area contributed by atoms with Crippen LogP contribution in [0.15, 0.2) is 36.4 Å². The van der Waals surface area contributed by atoms with Crippen molar-refractivity contribution < 1.29 is 14.2 Å². The van der Waals surface area contributed by atoms with Crippen LogP contribution >= 0.6 is 0 Å². The average Bonchev–Trinajstić information content (AvgIpc) is 2.99. The maximum absolute atomic E-state index is 5.81. The number of aromatic nitrogens is 2. The number of nitrogens with one attached hydrogen (secondary N) is 1. The van der Waals surface area contributed by atoms with Crippen LogP contribution < -0.4 is 14.2 Å². The molecule has 126 valence electrons. The van der Waals surface area contributed by atoms with Crippen molar-refractivity contribution in [2.45, 2.75) is 26.9 Å². The van der Waals surface area contributed by atoms with Gasteiger partial charge in [0.15, 0.2) is 11.5 Å². The molecule has 0 saturated heterocycles. The number of rotatable bonds is 6. The number of aromatic amines is 1. The van der Waals surface area contributed by atoms with Gasteiger partial charge in [-0.25, -0.2) is 4.98 Å². The van der Waals surface area contributed by atoms with Crippen LogP contribution in [0.25, 0.3) is 22.4 Å². The van der Waals surface area contributed by atoms with Gasteiger partial charge < -0.3 is 19.2 Å². The van der Waals surface area contributed by atoms with Gasteiger partial charge in [0, 0.05) is 11.6 Å². The summed E-state index contributed by atoms with van der Waals surface area (Å²) in [4.78, 5) is 7.97. The lowest BCUT2D eigenvalue weighted by molar-refractivity contribution is 0.224. The van der Waals surface area contributed by atoms with Crippen LogP contribution in [0.5, 0.6) is 17.2 Å². The lowest BCUT2D eigenvalue weighted by Crippen LogP contribution is -2.07. The van der Waals surface area contributed by atoms with Gasteiger partial charge in [0.25, 0.3) is 0 Å². The van der Waals surface area contributed by atoms with Crippen LogP contribution in [0.1, 0.15) is 20.8 Å². The molecule has 5 nitrogen and oxygen atoms in total. The van der Waals surface area contributed by atoms with Crippen LogP contribution in [-0.2, 0) is 0 Å². The SMILES string of the molecule is CCOc1cc(-c2nc3ccc(OC)cc3[nH]2)ccc1OC(C)C. The van der Waals surface area contributed by atoms with Crippen molar-refractivity contribution in [1.82, 2.24) is 9.97 Å². The topological polar surface area (TPSA) is 56.4 Å². The van der Waals surface area contributed by atoms with E-state index in [0.717, 1.165) is 39.7 Å². The molecule has 0 aliphatic rings. The standard InChI is InChI=1S/C19H22N2O3/c1-5-23-18-10-13(6-9-17(18)24-12(2)3)19-20-15-8-7-14(22-4)11-16(15)21-19/h6-12H,5H2,1-4H3,(H,20,21). The minimum absolute atomic E-state index is 0.0914. The monoisotopic (exact) mass is 326 g/mol. The van der Waals surface area contributed by atoms with E-state index in [1.165, 1.54) is 0 Å². The Morgan fingerprint density at radius 2 is 1.92 bits per heavy atom. The van der Waals surface area contributed by atoms with E-state index in [4.69, 9.17) is 14.2 Å². The van der Waals surface area contributed by atoms with Gasteiger partial charge in [0.2, 0.25) is 0 Å². The van der Waals surface area contributed by atoms with E-state index < -0.39 is 0 Å². The van der Waals surface area contributed by atoms with Crippen LogP contribution in [-0.4, -0.2) is 29.8 Å². The van der Waals surface area contributed by atoms with E-state index in [0.29, 0.717) is 6.61 Å². The molecule has 2 aromatic carbocycles. The molecule has 1 N–H and O–H groups in total. The number of fused-ring (bicyclic) bond motifs is 1. The third-order valence-electron chi connectivity index (χ3n) is 3.57. The fourth-order valence-electron chi connectivity index (χ4n) is 2.53. The molecule has 0 aliphatic carbocycles. The van der Waals surface area contributed by atoms with Crippen molar-refractivity contribution in [2.75, 3.05) is 13.7 Å². The van der Waals surface area contributed by atoms with Gasteiger partial charge >= 0.3 is 0 Å². The van der Waals surface area contributed by atoms with Gasteiger partial charge in [-0.15, -0.1) is 0 Å². The second kappa shape index (κ2) is 6.83. The highest BCUT2D eigenvalue weighted by molar-refractivity contribution is 5.81. The number of benzene rings is 2. The van der Waals surface area contributed by atoms with Crippen molar-refractivity contribution in [2.24, 2.45) is 0 Å². The van der Waals surface area contributed by atoms with E-state index in [1.807, 2.05) is 57.2 Å². The van der Waals surface area contributed by atoms with Crippen LogP contribution in [0.3, 0.4) is 0 Å². The van der Waals surface area contributed by atoms with Gasteiger partial charge in [-0.2, -0.15) is 0 Å². The summed E-state index contributed by atoms with van der Waals surface area (Å²) in [5.41, 5.74) is 2.78. The molecular formula is C19H22N2O3. The first kappa shape index (κ1) is 16.2. The Bertz CT molecular complexity index is 840. The Balaban J connectivity index is 2.00. The number of ether oxygens (including phenoxy) is 3. The fraction of sp³-hybridized carbons (Fsp3) is 0.316. The maximum Gasteiger partial charge on any atom is 0.161 e. The summed E-state index contributed by atoms with van der Waals surface area (Å²) in [6.45, 7) is 6.53. The molecule has 0 amide bonds. The molecule has 0 unspecified atom stereocenters. The largest absolute Gasteiger partial charge is 0.497 e. The lowest BCUT2D eigenvalue weighted by Gasteiger charge is -2.15. The third kappa shape index (κ3) is 3.30. The van der Waals surface area contributed by atoms with E-state index >= 15 is 0 Å². The first-order chi connectivity index (χ1) is 11.6. The van der Waals surface area contributed by atoms with Crippen molar-refractivity contribution in [3.8, 4) is 28.6 Å². The molecule has 0 aliphatic heterocycles. The number of hydrogen-bond donors (Lipinski definition) is 1. The quantitative estimate of drug-likeness (QED) is 0.728. The fourth-order valence-corrected chi connectivity index (χ4v) is 2.53. The molecule has 1 heterocycles. The smallest absolute Gasteiger partial charge is 0.161 e. The molecule has 0 bridgehead atoms. The predicted molar refractivity (Wildman–Crippen MR) is 95.0 cm³/mol. The Labute approximate surface area is 141 Å². The zero-order valence-corrected chi connectivity index (χ0v) is 14.4. The number of hydrogen-bond acceptors (Lipinski definition) is 4. The lowest BCUT2D eigenvalue weighted by atomic mass is 10.2. The zero-order valence-electron chi connectivity index (χ0n) is 14.4. The summed E-state index contributed by atoms with van der Waals surface area (Å²) in [6.07, 6.45) is 0.0914. The van der Waals surface area contributed by atoms with E-state index in [9.17, 15) is 0 Å². The number of H-pyrrole nitrogens is 1. The molecule has 1 aromatic heterocycles. The predicted octanol–water partition coefficient (Wildman–Crippen LogP) is 4.42. The summed E-state index contributed by atoms with van der Waals surface area (Å²) in [6, 6.07) is 11.6.